The van der Waals surface area contributed by atoms with Crippen LogP contribution in [0, 0.1) is 46.3 Å². The van der Waals surface area contributed by atoms with Crippen LogP contribution in [0.2, 0.25) is 0 Å². The summed E-state index contributed by atoms with van der Waals surface area (Å²) in [6, 6.07) is 0. The van der Waals surface area contributed by atoms with Gasteiger partial charge in [-0.1, -0.05) is 12.1 Å². The Bertz CT molecular complexity index is 773. The Labute approximate surface area is 180 Å². The van der Waals surface area contributed by atoms with Crippen molar-refractivity contribution in [2.45, 2.75) is 83.8 Å². The van der Waals surface area contributed by atoms with E-state index in [4.69, 9.17) is 4.74 Å². The lowest BCUT2D eigenvalue weighted by Crippen LogP contribution is -2.57. The van der Waals surface area contributed by atoms with E-state index in [9.17, 15) is 5.11 Å². The molecule has 1 aliphatic heterocycles. The van der Waals surface area contributed by atoms with Crippen LogP contribution in [0.25, 0.3) is 0 Å². The van der Waals surface area contributed by atoms with Crippen molar-refractivity contribution < 1.29 is 9.84 Å². The van der Waals surface area contributed by atoms with E-state index >= 15 is 0 Å². The first-order valence-corrected chi connectivity index (χ1v) is 12.5. The summed E-state index contributed by atoms with van der Waals surface area (Å²) in [6.45, 7) is 7.48. The van der Waals surface area contributed by atoms with E-state index in [1.807, 2.05) is 10.9 Å². The van der Waals surface area contributed by atoms with E-state index in [2.05, 4.69) is 24.2 Å². The second kappa shape index (κ2) is 6.78. The standard InChI is InChI=1S/C25H39N3O2/c1-23(29)9-7-18-17(13-23)3-4-20-19(18)8-10-24(2)21(20)5-6-22(24)25(15-30-16-25)14-28-12-11-26-27-28/h11-12,17-22,29H,3-10,13-16H2,1-2H3/t17-,18+,19-,20-,21+,22+,23-,24+/m1/s1. The monoisotopic (exact) mass is 413 g/mol. The van der Waals surface area contributed by atoms with Crippen molar-refractivity contribution in [3.8, 4) is 0 Å². The first-order valence-electron chi connectivity index (χ1n) is 12.5. The molecule has 1 aromatic heterocycles. The lowest BCUT2D eigenvalue weighted by molar-refractivity contribution is -0.191. The van der Waals surface area contributed by atoms with Crippen molar-refractivity contribution in [1.29, 1.82) is 0 Å². The Morgan fingerprint density at radius 3 is 2.57 bits per heavy atom. The van der Waals surface area contributed by atoms with Crippen molar-refractivity contribution in [1.82, 2.24) is 15.0 Å². The van der Waals surface area contributed by atoms with Crippen molar-refractivity contribution >= 4 is 0 Å². The number of ether oxygens (including phenoxy) is 1. The number of aliphatic hydroxyl groups is 1. The molecule has 0 amide bonds. The van der Waals surface area contributed by atoms with Crippen LogP contribution in [0.3, 0.4) is 0 Å². The molecule has 1 saturated heterocycles. The molecule has 0 radical (unpaired) electrons. The minimum absolute atomic E-state index is 0.255. The van der Waals surface area contributed by atoms with Gasteiger partial charge in [0.1, 0.15) is 0 Å². The van der Waals surface area contributed by atoms with Crippen molar-refractivity contribution in [3.05, 3.63) is 12.4 Å². The fraction of sp³-hybridized carbons (Fsp3) is 0.920. The van der Waals surface area contributed by atoms with E-state index in [-0.39, 0.29) is 5.41 Å². The van der Waals surface area contributed by atoms with Crippen LogP contribution in [0.4, 0.5) is 0 Å². The van der Waals surface area contributed by atoms with Crippen LogP contribution < -0.4 is 0 Å². The van der Waals surface area contributed by atoms with Gasteiger partial charge in [0.15, 0.2) is 0 Å². The highest BCUT2D eigenvalue weighted by molar-refractivity contribution is 5.11. The van der Waals surface area contributed by atoms with Crippen LogP contribution in [0.15, 0.2) is 12.4 Å². The zero-order valence-corrected chi connectivity index (χ0v) is 18.8. The molecular weight excluding hydrogens is 374 g/mol. The quantitative estimate of drug-likeness (QED) is 0.802. The molecule has 5 nitrogen and oxygen atoms in total. The maximum absolute atomic E-state index is 10.6. The van der Waals surface area contributed by atoms with E-state index in [0.29, 0.717) is 5.41 Å². The molecule has 8 atom stereocenters. The highest BCUT2D eigenvalue weighted by Crippen LogP contribution is 2.68. The number of nitrogens with zero attached hydrogens (tertiary/aromatic N) is 3. The summed E-state index contributed by atoms with van der Waals surface area (Å²) in [5, 5.41) is 19.0. The Morgan fingerprint density at radius 1 is 1.00 bits per heavy atom. The molecule has 0 bridgehead atoms. The number of aromatic nitrogens is 3. The average Bonchev–Trinajstić information content (AvgIpc) is 3.31. The SMILES string of the molecule is C[C@@]1(O)CC[C@H]2[C@H](CC[C@@H]3[C@@H]2CC[C@]2(C)[C@@H](C4(Cn5ccnn5)COC4)CC[C@@H]32)C1. The summed E-state index contributed by atoms with van der Waals surface area (Å²) in [7, 11) is 0. The van der Waals surface area contributed by atoms with Crippen LogP contribution in [0.1, 0.15) is 71.6 Å². The van der Waals surface area contributed by atoms with Gasteiger partial charge in [-0.15, -0.1) is 5.10 Å². The lowest BCUT2D eigenvalue weighted by Gasteiger charge is -2.59. The molecule has 1 N–H and O–H groups in total. The molecule has 166 valence electrons. The fourth-order valence-corrected chi connectivity index (χ4v) is 9.49. The Morgan fingerprint density at radius 2 is 1.83 bits per heavy atom. The first kappa shape index (κ1) is 19.7. The Balaban J connectivity index is 1.23. The van der Waals surface area contributed by atoms with Gasteiger partial charge in [-0.25, -0.2) is 0 Å². The number of hydrogen-bond donors (Lipinski definition) is 1. The lowest BCUT2D eigenvalue weighted by atomic mass is 9.47. The molecule has 5 fully saturated rings. The summed E-state index contributed by atoms with van der Waals surface area (Å²) < 4.78 is 7.88. The third kappa shape index (κ3) is 2.87. The van der Waals surface area contributed by atoms with Gasteiger partial charge >= 0.3 is 0 Å². The predicted molar refractivity (Wildman–Crippen MR) is 114 cm³/mol. The zero-order chi connectivity index (χ0) is 20.6. The van der Waals surface area contributed by atoms with E-state index < -0.39 is 5.60 Å². The maximum Gasteiger partial charge on any atom is 0.0692 e. The van der Waals surface area contributed by atoms with Gasteiger partial charge in [0.25, 0.3) is 0 Å². The molecule has 30 heavy (non-hydrogen) atoms. The van der Waals surface area contributed by atoms with Gasteiger partial charge in [-0.3, -0.25) is 4.68 Å². The summed E-state index contributed by atoms with van der Waals surface area (Å²) >= 11 is 0. The molecule has 5 heteroatoms. The molecule has 0 aromatic carbocycles. The second-order valence-corrected chi connectivity index (χ2v) is 12.3. The van der Waals surface area contributed by atoms with Crippen LogP contribution in [-0.2, 0) is 11.3 Å². The van der Waals surface area contributed by atoms with Gasteiger partial charge in [0, 0.05) is 11.6 Å². The Kier molecular flexibility index (Phi) is 4.46. The molecule has 4 aliphatic carbocycles. The first-order chi connectivity index (χ1) is 14.4. The summed E-state index contributed by atoms with van der Waals surface area (Å²) in [5.74, 6) is 5.12. The van der Waals surface area contributed by atoms with Gasteiger partial charge in [-0.2, -0.15) is 0 Å². The molecule has 4 saturated carbocycles. The fourth-order valence-electron chi connectivity index (χ4n) is 9.49. The van der Waals surface area contributed by atoms with Gasteiger partial charge in [0.2, 0.25) is 0 Å². The molecule has 5 aliphatic rings. The third-order valence-electron chi connectivity index (χ3n) is 10.7. The van der Waals surface area contributed by atoms with E-state index in [0.717, 1.165) is 68.1 Å². The smallest absolute Gasteiger partial charge is 0.0692 e. The summed E-state index contributed by atoms with van der Waals surface area (Å²) in [6.07, 6.45) is 15.5. The molecular formula is C25H39N3O2. The van der Waals surface area contributed by atoms with Crippen molar-refractivity contribution in [3.63, 3.8) is 0 Å². The average molecular weight is 414 g/mol. The third-order valence-corrected chi connectivity index (χ3v) is 10.7. The minimum atomic E-state index is -0.409. The van der Waals surface area contributed by atoms with Gasteiger partial charge < -0.3 is 9.84 Å². The number of hydrogen-bond acceptors (Lipinski definition) is 4. The van der Waals surface area contributed by atoms with Crippen LogP contribution in [-0.4, -0.2) is 38.9 Å². The van der Waals surface area contributed by atoms with Gasteiger partial charge in [0.05, 0.1) is 31.6 Å². The van der Waals surface area contributed by atoms with Crippen molar-refractivity contribution in [2.75, 3.05) is 13.2 Å². The van der Waals surface area contributed by atoms with E-state index in [1.54, 1.807) is 6.20 Å². The molecule has 0 spiro atoms. The van der Waals surface area contributed by atoms with Crippen molar-refractivity contribution in [2.24, 2.45) is 46.3 Å². The summed E-state index contributed by atoms with van der Waals surface area (Å²) in [5.41, 5.74) is 0.302. The number of fused-ring (bicyclic) bond motifs is 5. The molecule has 0 unspecified atom stereocenters. The molecule has 2 heterocycles. The minimum Gasteiger partial charge on any atom is -0.390 e. The predicted octanol–water partition coefficient (Wildman–Crippen LogP) is 4.31. The largest absolute Gasteiger partial charge is 0.390 e. The summed E-state index contributed by atoms with van der Waals surface area (Å²) in [4.78, 5) is 0. The van der Waals surface area contributed by atoms with E-state index in [1.165, 1.54) is 44.9 Å². The molecule has 6 rings (SSSR count). The topological polar surface area (TPSA) is 60.2 Å². The Hall–Kier alpha value is -0.940. The second-order valence-electron chi connectivity index (χ2n) is 12.3. The van der Waals surface area contributed by atoms with Crippen LogP contribution >= 0.6 is 0 Å². The normalized spacial score (nSPS) is 49.6. The highest BCUT2D eigenvalue weighted by Gasteiger charge is 2.63. The highest BCUT2D eigenvalue weighted by atomic mass is 16.5. The maximum atomic E-state index is 10.6. The van der Waals surface area contributed by atoms with Gasteiger partial charge in [-0.05, 0) is 106 Å². The molecule has 1 aromatic rings. The van der Waals surface area contributed by atoms with Crippen LogP contribution in [0.5, 0.6) is 0 Å². The zero-order valence-electron chi connectivity index (χ0n) is 18.8. The number of rotatable bonds is 3.